The summed E-state index contributed by atoms with van der Waals surface area (Å²) >= 11 is 5.54. The number of esters is 1. The second-order valence-corrected chi connectivity index (χ2v) is 4.27. The molecule has 0 atom stereocenters. The van der Waals surface area contributed by atoms with Crippen LogP contribution >= 0.6 is 11.6 Å². The zero-order valence-electron chi connectivity index (χ0n) is 11.8. The Hall–Kier alpha value is -2.02. The van der Waals surface area contributed by atoms with Gasteiger partial charge in [-0.3, -0.25) is 10.1 Å². The highest BCUT2D eigenvalue weighted by Crippen LogP contribution is 2.35. The summed E-state index contributed by atoms with van der Waals surface area (Å²) in [5.74, 6) is 0.0288. The second-order valence-electron chi connectivity index (χ2n) is 3.89. The van der Waals surface area contributed by atoms with E-state index in [1.807, 2.05) is 0 Å². The first-order valence-electron chi connectivity index (χ1n) is 6.27. The molecule has 0 aromatic heterocycles. The lowest BCUT2D eigenvalue weighted by Gasteiger charge is -2.12. The number of ether oxygens (including phenoxy) is 3. The van der Waals surface area contributed by atoms with Crippen LogP contribution in [0.3, 0.4) is 0 Å². The molecule has 0 aliphatic carbocycles. The van der Waals surface area contributed by atoms with Gasteiger partial charge in [0.05, 0.1) is 31.3 Å². The average molecular weight is 318 g/mol. The van der Waals surface area contributed by atoms with Crippen LogP contribution in [-0.4, -0.2) is 37.1 Å². The van der Waals surface area contributed by atoms with Crippen molar-refractivity contribution in [3.8, 4) is 11.5 Å². The Balaban J connectivity index is 3.20. The Morgan fingerprint density at radius 2 is 2.10 bits per heavy atom. The van der Waals surface area contributed by atoms with Gasteiger partial charge in [0.15, 0.2) is 11.5 Å². The van der Waals surface area contributed by atoms with Crippen molar-refractivity contribution in [2.75, 3.05) is 26.2 Å². The van der Waals surface area contributed by atoms with E-state index in [0.717, 1.165) is 6.07 Å². The van der Waals surface area contributed by atoms with Gasteiger partial charge in [-0.2, -0.15) is 0 Å². The molecule has 0 spiro atoms. The molecule has 0 saturated carbocycles. The van der Waals surface area contributed by atoms with Crippen LogP contribution in [0, 0.1) is 10.1 Å². The lowest BCUT2D eigenvalue weighted by atomic mass is 10.1. The molecule has 1 rings (SSSR count). The average Bonchev–Trinajstić information content (AvgIpc) is 2.47. The van der Waals surface area contributed by atoms with Gasteiger partial charge in [0, 0.05) is 11.9 Å². The normalized spacial score (nSPS) is 10.0. The predicted molar refractivity (Wildman–Crippen MR) is 76.4 cm³/mol. The van der Waals surface area contributed by atoms with Crippen molar-refractivity contribution in [2.45, 2.75) is 13.3 Å². The Morgan fingerprint density at radius 1 is 1.38 bits per heavy atom. The van der Waals surface area contributed by atoms with Crippen molar-refractivity contribution in [1.29, 1.82) is 0 Å². The molecular weight excluding hydrogens is 302 g/mol. The maximum absolute atomic E-state index is 11.8. The van der Waals surface area contributed by atoms with Gasteiger partial charge in [-0.05, 0) is 13.3 Å². The molecule has 8 heteroatoms. The molecule has 0 heterocycles. The Bertz CT molecular complexity index is 520. The molecule has 0 aliphatic heterocycles. The SMILES string of the molecule is CCOC(=O)c1cc(OC)c(OCCCCl)cc1[N+](=O)[O-]. The molecule has 0 N–H and O–H groups in total. The number of alkyl halides is 1. The maximum atomic E-state index is 11.8. The van der Waals surface area contributed by atoms with Gasteiger partial charge in [0.2, 0.25) is 0 Å². The minimum Gasteiger partial charge on any atom is -0.493 e. The minimum atomic E-state index is -0.783. The van der Waals surface area contributed by atoms with Gasteiger partial charge in [0.25, 0.3) is 5.69 Å². The zero-order chi connectivity index (χ0) is 15.8. The summed E-state index contributed by atoms with van der Waals surface area (Å²) in [4.78, 5) is 22.2. The molecular formula is C13H16ClNO6. The molecule has 0 radical (unpaired) electrons. The number of nitrogens with zero attached hydrogens (tertiary/aromatic N) is 1. The van der Waals surface area contributed by atoms with Gasteiger partial charge in [-0.15, -0.1) is 11.6 Å². The smallest absolute Gasteiger partial charge is 0.345 e. The second kappa shape index (κ2) is 8.31. The van der Waals surface area contributed by atoms with E-state index in [4.69, 9.17) is 25.8 Å². The van der Waals surface area contributed by atoms with E-state index in [1.54, 1.807) is 6.92 Å². The van der Waals surface area contributed by atoms with E-state index in [0.29, 0.717) is 12.3 Å². The van der Waals surface area contributed by atoms with Crippen molar-refractivity contribution in [3.63, 3.8) is 0 Å². The fraction of sp³-hybridized carbons (Fsp3) is 0.462. The Morgan fingerprint density at radius 3 is 2.62 bits per heavy atom. The third-order valence-electron chi connectivity index (χ3n) is 2.51. The summed E-state index contributed by atoms with van der Waals surface area (Å²) in [6.45, 7) is 2.02. The fourth-order valence-electron chi connectivity index (χ4n) is 1.58. The summed E-state index contributed by atoms with van der Waals surface area (Å²) in [5.41, 5.74) is -0.571. The van der Waals surface area contributed by atoms with Gasteiger partial charge in [-0.1, -0.05) is 0 Å². The van der Waals surface area contributed by atoms with E-state index in [9.17, 15) is 14.9 Å². The molecule has 0 bridgehead atoms. The molecule has 0 unspecified atom stereocenters. The van der Waals surface area contributed by atoms with Crippen LogP contribution in [0.4, 0.5) is 5.69 Å². The molecule has 21 heavy (non-hydrogen) atoms. The van der Waals surface area contributed by atoms with E-state index in [2.05, 4.69) is 0 Å². The quantitative estimate of drug-likeness (QED) is 0.241. The number of rotatable bonds is 8. The van der Waals surface area contributed by atoms with Crippen molar-refractivity contribution < 1.29 is 23.9 Å². The van der Waals surface area contributed by atoms with Crippen LogP contribution in [0.5, 0.6) is 11.5 Å². The van der Waals surface area contributed by atoms with Crippen LogP contribution < -0.4 is 9.47 Å². The van der Waals surface area contributed by atoms with Crippen LogP contribution in [0.15, 0.2) is 12.1 Å². The van der Waals surface area contributed by atoms with Crippen molar-refractivity contribution in [2.24, 2.45) is 0 Å². The lowest BCUT2D eigenvalue weighted by molar-refractivity contribution is -0.385. The number of carbonyl (C=O) groups is 1. The van der Waals surface area contributed by atoms with Gasteiger partial charge in [0.1, 0.15) is 5.56 Å². The first kappa shape index (κ1) is 17.0. The van der Waals surface area contributed by atoms with Crippen molar-refractivity contribution in [1.82, 2.24) is 0 Å². The molecule has 116 valence electrons. The third-order valence-corrected chi connectivity index (χ3v) is 2.78. The number of nitro groups is 1. The standard InChI is InChI=1S/C13H16ClNO6/c1-3-20-13(16)9-7-11(19-2)12(21-6-4-5-14)8-10(9)15(17)18/h7-8H,3-6H2,1-2H3. The minimum absolute atomic E-state index is 0.117. The summed E-state index contributed by atoms with van der Waals surface area (Å²) in [7, 11) is 1.38. The maximum Gasteiger partial charge on any atom is 0.345 e. The number of benzene rings is 1. The van der Waals surface area contributed by atoms with E-state index in [1.165, 1.54) is 13.2 Å². The van der Waals surface area contributed by atoms with Gasteiger partial charge < -0.3 is 14.2 Å². The largest absolute Gasteiger partial charge is 0.493 e. The van der Waals surface area contributed by atoms with E-state index < -0.39 is 16.6 Å². The molecule has 0 aliphatic rings. The van der Waals surface area contributed by atoms with Crippen LogP contribution in [0.2, 0.25) is 0 Å². The highest BCUT2D eigenvalue weighted by Gasteiger charge is 2.25. The first-order valence-corrected chi connectivity index (χ1v) is 6.80. The highest BCUT2D eigenvalue weighted by molar-refractivity contribution is 6.17. The summed E-state index contributed by atoms with van der Waals surface area (Å²) in [5, 5.41) is 11.1. The number of nitro benzene ring substituents is 1. The number of hydrogen-bond donors (Lipinski definition) is 0. The Kier molecular flexibility index (Phi) is 6.74. The molecule has 0 fully saturated rings. The summed E-state index contributed by atoms with van der Waals surface area (Å²) < 4.78 is 15.3. The number of hydrogen-bond acceptors (Lipinski definition) is 6. The topological polar surface area (TPSA) is 87.9 Å². The molecule has 0 saturated heterocycles. The molecule has 1 aromatic carbocycles. The van der Waals surface area contributed by atoms with Crippen LogP contribution in [-0.2, 0) is 4.74 Å². The van der Waals surface area contributed by atoms with Crippen LogP contribution in [0.1, 0.15) is 23.7 Å². The molecule has 0 amide bonds. The predicted octanol–water partition coefficient (Wildman–Crippen LogP) is 2.79. The van der Waals surface area contributed by atoms with E-state index >= 15 is 0 Å². The van der Waals surface area contributed by atoms with Crippen molar-refractivity contribution in [3.05, 3.63) is 27.8 Å². The molecule has 1 aromatic rings. The fourth-order valence-corrected chi connectivity index (χ4v) is 1.69. The number of carbonyl (C=O) groups excluding carboxylic acids is 1. The summed E-state index contributed by atoms with van der Waals surface area (Å²) in [6.07, 6.45) is 0.581. The van der Waals surface area contributed by atoms with Crippen LogP contribution in [0.25, 0.3) is 0 Å². The number of methoxy groups -OCH3 is 1. The highest BCUT2D eigenvalue weighted by atomic mass is 35.5. The van der Waals surface area contributed by atoms with E-state index in [-0.39, 0.29) is 30.3 Å². The monoisotopic (exact) mass is 317 g/mol. The Labute approximate surface area is 126 Å². The van der Waals surface area contributed by atoms with Gasteiger partial charge >= 0.3 is 5.97 Å². The van der Waals surface area contributed by atoms with Gasteiger partial charge in [-0.25, -0.2) is 4.79 Å². The molecule has 7 nitrogen and oxygen atoms in total. The summed E-state index contributed by atoms with van der Waals surface area (Å²) in [6, 6.07) is 2.39. The van der Waals surface area contributed by atoms with Crippen molar-refractivity contribution >= 4 is 23.3 Å². The lowest BCUT2D eigenvalue weighted by Crippen LogP contribution is -2.09. The third kappa shape index (κ3) is 4.49. The zero-order valence-corrected chi connectivity index (χ0v) is 12.5. The first-order chi connectivity index (χ1) is 10.0. The number of halogens is 1.